The van der Waals surface area contributed by atoms with Gasteiger partial charge in [-0.2, -0.15) is 0 Å². The fourth-order valence-electron chi connectivity index (χ4n) is 2.30. The topological polar surface area (TPSA) is 24.9 Å². The third-order valence-electron chi connectivity index (χ3n) is 3.44. The molecule has 0 aliphatic rings. The second kappa shape index (κ2) is 6.39. The van der Waals surface area contributed by atoms with E-state index in [1.54, 1.807) is 0 Å². The normalized spacial score (nSPS) is 12.6. The van der Waals surface area contributed by atoms with Gasteiger partial charge in [0.1, 0.15) is 0 Å². The minimum atomic E-state index is 0.573. The molecular weight excluding hydrogens is 220 g/mol. The molecule has 1 atom stereocenters. The molecule has 18 heavy (non-hydrogen) atoms. The third-order valence-corrected chi connectivity index (χ3v) is 3.44. The first-order valence-corrected chi connectivity index (χ1v) is 6.94. The van der Waals surface area contributed by atoms with Crippen molar-refractivity contribution in [3.8, 4) is 0 Å². The maximum atomic E-state index is 4.18. The summed E-state index contributed by atoms with van der Waals surface area (Å²) >= 11 is 0. The zero-order valence-electron chi connectivity index (χ0n) is 11.3. The van der Waals surface area contributed by atoms with Gasteiger partial charge in [-0.15, -0.1) is 0 Å². The van der Waals surface area contributed by atoms with Gasteiger partial charge in [-0.1, -0.05) is 38.8 Å². The average Bonchev–Trinajstić information content (AvgIpc) is 2.43. The van der Waals surface area contributed by atoms with Crippen molar-refractivity contribution >= 4 is 16.5 Å². The van der Waals surface area contributed by atoms with Crippen molar-refractivity contribution in [1.29, 1.82) is 0 Å². The molecule has 0 saturated carbocycles. The van der Waals surface area contributed by atoms with E-state index >= 15 is 0 Å². The molecule has 0 spiro atoms. The van der Waals surface area contributed by atoms with Gasteiger partial charge >= 0.3 is 0 Å². The quantitative estimate of drug-likeness (QED) is 0.799. The van der Waals surface area contributed by atoms with Crippen LogP contribution in [0.2, 0.25) is 0 Å². The molecule has 1 unspecified atom stereocenters. The highest BCUT2D eigenvalue weighted by atomic mass is 14.9. The molecule has 0 saturated heterocycles. The van der Waals surface area contributed by atoms with Gasteiger partial charge in [0.05, 0.1) is 0 Å². The van der Waals surface area contributed by atoms with Crippen LogP contribution >= 0.6 is 0 Å². The summed E-state index contributed by atoms with van der Waals surface area (Å²) < 4.78 is 0. The van der Waals surface area contributed by atoms with Crippen LogP contribution in [-0.4, -0.2) is 11.0 Å². The molecule has 0 aliphatic heterocycles. The summed E-state index contributed by atoms with van der Waals surface area (Å²) in [5.74, 6) is 0. The van der Waals surface area contributed by atoms with Gasteiger partial charge in [0, 0.05) is 34.9 Å². The molecule has 0 amide bonds. The minimum Gasteiger partial charge on any atom is -0.382 e. The Balaban J connectivity index is 2.19. The zero-order chi connectivity index (χ0) is 12.8. The summed E-state index contributed by atoms with van der Waals surface area (Å²) in [5.41, 5.74) is 1.23. The Morgan fingerprint density at radius 3 is 2.89 bits per heavy atom. The van der Waals surface area contributed by atoms with Crippen molar-refractivity contribution in [2.75, 3.05) is 5.32 Å². The van der Waals surface area contributed by atoms with Gasteiger partial charge in [-0.05, 0) is 25.0 Å². The molecule has 0 bridgehead atoms. The number of fused-ring (bicyclic) bond motifs is 1. The Kier molecular flexibility index (Phi) is 4.57. The van der Waals surface area contributed by atoms with Crippen LogP contribution in [0.1, 0.15) is 39.5 Å². The number of unbranched alkanes of at least 4 members (excludes halogenated alkanes) is 1. The molecule has 0 aliphatic carbocycles. The number of hydrogen-bond donors (Lipinski definition) is 1. The monoisotopic (exact) mass is 242 g/mol. The number of nitrogens with one attached hydrogen (secondary N) is 1. The van der Waals surface area contributed by atoms with E-state index in [4.69, 9.17) is 0 Å². The summed E-state index contributed by atoms with van der Waals surface area (Å²) in [5, 5.41) is 6.15. The second-order valence-electron chi connectivity index (χ2n) is 4.79. The maximum Gasteiger partial charge on any atom is 0.0423 e. The fraction of sp³-hybridized carbons (Fsp3) is 0.438. The first kappa shape index (κ1) is 12.9. The van der Waals surface area contributed by atoms with Gasteiger partial charge in [0.25, 0.3) is 0 Å². The number of nitrogens with zero attached hydrogens (tertiary/aromatic N) is 1. The molecule has 1 heterocycles. The lowest BCUT2D eigenvalue weighted by Crippen LogP contribution is -2.18. The molecule has 2 rings (SSSR count). The number of anilines is 1. The Morgan fingerprint density at radius 2 is 2.11 bits per heavy atom. The van der Waals surface area contributed by atoms with E-state index in [-0.39, 0.29) is 0 Å². The van der Waals surface area contributed by atoms with Crippen LogP contribution in [0.4, 0.5) is 5.69 Å². The molecule has 2 nitrogen and oxygen atoms in total. The molecule has 2 heteroatoms. The van der Waals surface area contributed by atoms with E-state index in [0.29, 0.717) is 6.04 Å². The predicted molar refractivity (Wildman–Crippen MR) is 79.0 cm³/mol. The van der Waals surface area contributed by atoms with Crippen molar-refractivity contribution in [2.24, 2.45) is 0 Å². The van der Waals surface area contributed by atoms with Crippen molar-refractivity contribution in [3.63, 3.8) is 0 Å². The first-order valence-electron chi connectivity index (χ1n) is 6.94. The molecular formula is C16H22N2. The fourth-order valence-corrected chi connectivity index (χ4v) is 2.30. The van der Waals surface area contributed by atoms with Gasteiger partial charge < -0.3 is 5.32 Å². The van der Waals surface area contributed by atoms with Gasteiger partial charge in [-0.3, -0.25) is 4.98 Å². The average molecular weight is 242 g/mol. The van der Waals surface area contributed by atoms with Crippen LogP contribution in [0.25, 0.3) is 10.8 Å². The van der Waals surface area contributed by atoms with E-state index in [1.807, 2.05) is 12.4 Å². The van der Waals surface area contributed by atoms with Crippen LogP contribution < -0.4 is 5.32 Å². The summed E-state index contributed by atoms with van der Waals surface area (Å²) in [4.78, 5) is 4.18. The molecule has 0 radical (unpaired) electrons. The number of pyridine rings is 1. The first-order chi connectivity index (χ1) is 8.85. The number of rotatable bonds is 6. The van der Waals surface area contributed by atoms with E-state index in [9.17, 15) is 0 Å². The lowest BCUT2D eigenvalue weighted by Gasteiger charge is -2.19. The Hall–Kier alpha value is -1.57. The van der Waals surface area contributed by atoms with Crippen LogP contribution in [0, 0.1) is 0 Å². The van der Waals surface area contributed by atoms with Crippen molar-refractivity contribution in [3.05, 3.63) is 36.7 Å². The van der Waals surface area contributed by atoms with E-state index < -0.39 is 0 Å². The molecule has 1 aromatic heterocycles. The Labute approximate surface area is 109 Å². The number of aromatic nitrogens is 1. The summed E-state index contributed by atoms with van der Waals surface area (Å²) in [6.45, 7) is 4.50. The molecule has 96 valence electrons. The minimum absolute atomic E-state index is 0.573. The molecule has 2 aromatic rings. The molecule has 1 aromatic carbocycles. The lowest BCUT2D eigenvalue weighted by atomic mass is 10.1. The van der Waals surface area contributed by atoms with Gasteiger partial charge in [0.15, 0.2) is 0 Å². The molecule has 1 N–H and O–H groups in total. The summed E-state index contributed by atoms with van der Waals surface area (Å²) in [6.07, 6.45) is 8.75. The maximum absolute atomic E-state index is 4.18. The number of hydrogen-bond acceptors (Lipinski definition) is 2. The standard InChI is InChI=1S/C16H22N2/c1-3-5-8-14(4-2)18-16-9-6-7-13-12-17-11-10-15(13)16/h6-7,9-12,14,18H,3-5,8H2,1-2H3. The SMILES string of the molecule is CCCCC(CC)Nc1cccc2cnccc12. The van der Waals surface area contributed by atoms with Crippen molar-refractivity contribution < 1.29 is 0 Å². The highest BCUT2D eigenvalue weighted by Crippen LogP contribution is 2.24. The Morgan fingerprint density at radius 1 is 1.22 bits per heavy atom. The Bertz CT molecular complexity index is 488. The predicted octanol–water partition coefficient (Wildman–Crippen LogP) is 4.62. The van der Waals surface area contributed by atoms with E-state index in [2.05, 4.69) is 48.4 Å². The highest BCUT2D eigenvalue weighted by molar-refractivity contribution is 5.93. The summed E-state index contributed by atoms with van der Waals surface area (Å²) in [7, 11) is 0. The van der Waals surface area contributed by atoms with Crippen molar-refractivity contribution in [2.45, 2.75) is 45.6 Å². The van der Waals surface area contributed by atoms with Gasteiger partial charge in [0.2, 0.25) is 0 Å². The van der Waals surface area contributed by atoms with E-state index in [0.717, 1.165) is 0 Å². The van der Waals surface area contributed by atoms with Crippen molar-refractivity contribution in [1.82, 2.24) is 4.98 Å². The van der Waals surface area contributed by atoms with Crippen LogP contribution in [0.5, 0.6) is 0 Å². The third kappa shape index (κ3) is 3.00. The zero-order valence-corrected chi connectivity index (χ0v) is 11.3. The van der Waals surface area contributed by atoms with Crippen LogP contribution in [-0.2, 0) is 0 Å². The van der Waals surface area contributed by atoms with Crippen LogP contribution in [0.15, 0.2) is 36.7 Å². The summed E-state index contributed by atoms with van der Waals surface area (Å²) in [6, 6.07) is 9.03. The van der Waals surface area contributed by atoms with Gasteiger partial charge in [-0.25, -0.2) is 0 Å². The molecule has 0 fully saturated rings. The van der Waals surface area contributed by atoms with E-state index in [1.165, 1.54) is 42.1 Å². The second-order valence-corrected chi connectivity index (χ2v) is 4.79. The van der Waals surface area contributed by atoms with Crippen LogP contribution in [0.3, 0.4) is 0 Å². The highest BCUT2D eigenvalue weighted by Gasteiger charge is 2.07. The number of benzene rings is 1. The lowest BCUT2D eigenvalue weighted by molar-refractivity contribution is 0.594. The smallest absolute Gasteiger partial charge is 0.0423 e. The largest absolute Gasteiger partial charge is 0.382 e.